The van der Waals surface area contributed by atoms with Crippen molar-refractivity contribution in [3.63, 3.8) is 0 Å². The van der Waals surface area contributed by atoms with E-state index in [1.54, 1.807) is 0 Å². The van der Waals surface area contributed by atoms with Gasteiger partial charge in [-0.15, -0.1) is 0 Å². The summed E-state index contributed by atoms with van der Waals surface area (Å²) in [7, 11) is 0. The largest absolute Gasteiger partial charge is 0.395 e. The van der Waals surface area contributed by atoms with E-state index in [0.29, 0.717) is 6.54 Å². The molecule has 1 aliphatic carbocycles. The zero-order valence-corrected chi connectivity index (χ0v) is 11.0. The summed E-state index contributed by atoms with van der Waals surface area (Å²) in [6.45, 7) is 3.59. The van der Waals surface area contributed by atoms with Crippen LogP contribution in [0.5, 0.6) is 0 Å². The Morgan fingerprint density at radius 2 is 2.06 bits per heavy atom. The molecule has 104 valence electrons. The molecule has 1 unspecified atom stereocenters. The predicted molar refractivity (Wildman–Crippen MR) is 70.4 cm³/mol. The molecule has 1 aliphatic heterocycles. The molecule has 18 heavy (non-hydrogen) atoms. The molecule has 0 aromatic carbocycles. The summed E-state index contributed by atoms with van der Waals surface area (Å²) in [5.74, 6) is 0.881. The lowest BCUT2D eigenvalue weighted by Gasteiger charge is -2.20. The minimum absolute atomic E-state index is 0.00804. The van der Waals surface area contributed by atoms with Crippen LogP contribution in [-0.4, -0.2) is 54.9 Å². The number of likely N-dealkylation sites (tertiary alicyclic amines) is 1. The molecule has 0 aromatic heterocycles. The monoisotopic (exact) mass is 255 g/mol. The predicted octanol–water partition coefficient (Wildman–Crippen LogP) is 0.542. The Morgan fingerprint density at radius 3 is 2.78 bits per heavy atom. The lowest BCUT2D eigenvalue weighted by Crippen LogP contribution is -2.44. The molecule has 2 amide bonds. The van der Waals surface area contributed by atoms with E-state index in [-0.39, 0.29) is 18.7 Å². The molecule has 2 aliphatic rings. The number of aliphatic hydroxyl groups excluding tert-OH is 1. The molecule has 0 spiro atoms. The molecule has 5 nitrogen and oxygen atoms in total. The van der Waals surface area contributed by atoms with E-state index in [2.05, 4.69) is 15.5 Å². The van der Waals surface area contributed by atoms with E-state index in [0.717, 1.165) is 25.4 Å². The molecule has 5 heteroatoms. The number of nitrogens with zero attached hydrogens (tertiary/aromatic N) is 1. The zero-order chi connectivity index (χ0) is 12.8. The number of hydrogen-bond donors (Lipinski definition) is 3. The summed E-state index contributed by atoms with van der Waals surface area (Å²) in [5.41, 5.74) is 0. The number of carbonyl (C=O) groups excluding carboxylic acids is 1. The minimum Gasteiger partial charge on any atom is -0.395 e. The van der Waals surface area contributed by atoms with Crippen LogP contribution in [0.3, 0.4) is 0 Å². The molecule has 1 saturated carbocycles. The van der Waals surface area contributed by atoms with Crippen molar-refractivity contribution in [1.29, 1.82) is 0 Å². The molecule has 1 atom stereocenters. The van der Waals surface area contributed by atoms with Crippen LogP contribution in [0.25, 0.3) is 0 Å². The fourth-order valence-corrected chi connectivity index (χ4v) is 3.08. The van der Waals surface area contributed by atoms with Crippen LogP contribution in [0.4, 0.5) is 4.79 Å². The van der Waals surface area contributed by atoms with Crippen molar-refractivity contribution in [2.75, 3.05) is 32.8 Å². The minimum atomic E-state index is -0.156. The van der Waals surface area contributed by atoms with Gasteiger partial charge in [-0.25, -0.2) is 4.79 Å². The van der Waals surface area contributed by atoms with Gasteiger partial charge in [-0.2, -0.15) is 0 Å². The molecule has 2 rings (SSSR count). The van der Waals surface area contributed by atoms with Crippen LogP contribution in [-0.2, 0) is 0 Å². The standard InChI is InChI=1S/C13H25N3O2/c17-8-6-14-13(18)15-12-5-7-16(10-12)9-11-3-1-2-4-11/h11-12,17H,1-10H2,(H2,14,15,18). The Hall–Kier alpha value is -0.810. The van der Waals surface area contributed by atoms with Crippen LogP contribution in [0, 0.1) is 5.92 Å². The second-order valence-electron chi connectivity index (χ2n) is 5.52. The van der Waals surface area contributed by atoms with Gasteiger partial charge in [-0.05, 0) is 25.2 Å². The quantitative estimate of drug-likeness (QED) is 0.672. The molecule has 0 bridgehead atoms. The normalized spacial score (nSPS) is 25.5. The number of amides is 2. The van der Waals surface area contributed by atoms with Crippen molar-refractivity contribution in [2.24, 2.45) is 5.92 Å². The van der Waals surface area contributed by atoms with Gasteiger partial charge >= 0.3 is 6.03 Å². The molecule has 1 heterocycles. The number of carbonyl (C=O) groups is 1. The highest BCUT2D eigenvalue weighted by Crippen LogP contribution is 2.26. The van der Waals surface area contributed by atoms with Gasteiger partial charge in [0.2, 0.25) is 0 Å². The van der Waals surface area contributed by atoms with E-state index in [4.69, 9.17) is 5.11 Å². The van der Waals surface area contributed by atoms with Gasteiger partial charge in [0.1, 0.15) is 0 Å². The SMILES string of the molecule is O=C(NCCO)NC1CCN(CC2CCCC2)C1. The summed E-state index contributed by atoms with van der Waals surface area (Å²) in [6.07, 6.45) is 6.59. The first kappa shape index (κ1) is 13.6. The van der Waals surface area contributed by atoms with Crippen LogP contribution < -0.4 is 10.6 Å². The van der Waals surface area contributed by atoms with Gasteiger partial charge in [0.25, 0.3) is 0 Å². The topological polar surface area (TPSA) is 64.6 Å². The third-order valence-electron chi connectivity index (χ3n) is 4.00. The third kappa shape index (κ3) is 4.14. The summed E-state index contributed by atoms with van der Waals surface area (Å²) in [4.78, 5) is 13.9. The lowest BCUT2D eigenvalue weighted by atomic mass is 10.1. The first-order chi connectivity index (χ1) is 8.78. The van der Waals surface area contributed by atoms with E-state index < -0.39 is 0 Å². The maximum atomic E-state index is 11.5. The van der Waals surface area contributed by atoms with Gasteiger partial charge in [0.05, 0.1) is 6.61 Å². The maximum Gasteiger partial charge on any atom is 0.315 e. The molecule has 0 radical (unpaired) electrons. The number of rotatable bonds is 5. The lowest BCUT2D eigenvalue weighted by molar-refractivity contribution is 0.228. The van der Waals surface area contributed by atoms with Crippen molar-refractivity contribution < 1.29 is 9.90 Å². The highest BCUT2D eigenvalue weighted by Gasteiger charge is 2.26. The van der Waals surface area contributed by atoms with Crippen molar-refractivity contribution in [1.82, 2.24) is 15.5 Å². The van der Waals surface area contributed by atoms with Crippen LogP contribution >= 0.6 is 0 Å². The number of aliphatic hydroxyl groups is 1. The molecule has 0 aromatic rings. The zero-order valence-electron chi connectivity index (χ0n) is 11.0. The highest BCUT2D eigenvalue weighted by atomic mass is 16.3. The molecule has 3 N–H and O–H groups in total. The molecular weight excluding hydrogens is 230 g/mol. The van der Waals surface area contributed by atoms with E-state index in [9.17, 15) is 4.79 Å². The van der Waals surface area contributed by atoms with Crippen LogP contribution in [0.15, 0.2) is 0 Å². The first-order valence-electron chi connectivity index (χ1n) is 7.15. The second kappa shape index (κ2) is 6.95. The Labute approximate surface area is 109 Å². The highest BCUT2D eigenvalue weighted by molar-refractivity contribution is 5.74. The van der Waals surface area contributed by atoms with E-state index in [1.807, 2.05) is 0 Å². The van der Waals surface area contributed by atoms with Crippen molar-refractivity contribution in [3.05, 3.63) is 0 Å². The van der Waals surface area contributed by atoms with Crippen molar-refractivity contribution >= 4 is 6.03 Å². The molecular formula is C13H25N3O2. The summed E-state index contributed by atoms with van der Waals surface area (Å²) in [5, 5.41) is 14.2. The van der Waals surface area contributed by atoms with E-state index in [1.165, 1.54) is 32.2 Å². The van der Waals surface area contributed by atoms with Gasteiger partial charge in [0, 0.05) is 32.2 Å². The fourth-order valence-electron chi connectivity index (χ4n) is 3.08. The third-order valence-corrected chi connectivity index (χ3v) is 4.00. The fraction of sp³-hybridized carbons (Fsp3) is 0.923. The average Bonchev–Trinajstić information content (AvgIpc) is 2.99. The van der Waals surface area contributed by atoms with Crippen LogP contribution in [0.2, 0.25) is 0 Å². The maximum absolute atomic E-state index is 11.5. The Kier molecular flexibility index (Phi) is 5.26. The summed E-state index contributed by atoms with van der Waals surface area (Å²) in [6, 6.07) is 0.113. The number of nitrogens with one attached hydrogen (secondary N) is 2. The Bertz CT molecular complexity index is 267. The summed E-state index contributed by atoms with van der Waals surface area (Å²) >= 11 is 0. The van der Waals surface area contributed by atoms with Crippen molar-refractivity contribution in [2.45, 2.75) is 38.1 Å². The van der Waals surface area contributed by atoms with Gasteiger partial charge < -0.3 is 20.6 Å². The van der Waals surface area contributed by atoms with Gasteiger partial charge in [-0.3, -0.25) is 0 Å². The van der Waals surface area contributed by atoms with Gasteiger partial charge in [-0.1, -0.05) is 12.8 Å². The average molecular weight is 255 g/mol. The van der Waals surface area contributed by atoms with Crippen LogP contribution in [0.1, 0.15) is 32.1 Å². The summed E-state index contributed by atoms with van der Waals surface area (Å²) < 4.78 is 0. The molecule has 2 fully saturated rings. The Morgan fingerprint density at radius 1 is 1.28 bits per heavy atom. The van der Waals surface area contributed by atoms with Crippen molar-refractivity contribution in [3.8, 4) is 0 Å². The number of urea groups is 1. The second-order valence-corrected chi connectivity index (χ2v) is 5.52. The number of hydrogen-bond acceptors (Lipinski definition) is 3. The first-order valence-corrected chi connectivity index (χ1v) is 7.15. The van der Waals surface area contributed by atoms with Gasteiger partial charge in [0.15, 0.2) is 0 Å². The van der Waals surface area contributed by atoms with E-state index >= 15 is 0 Å². The molecule has 1 saturated heterocycles. The smallest absolute Gasteiger partial charge is 0.315 e. The Balaban J connectivity index is 1.63.